The molecule has 0 heterocycles. The maximum atomic E-state index is 12.5. The van der Waals surface area contributed by atoms with Gasteiger partial charge in [0.15, 0.2) is 0 Å². The largest absolute Gasteiger partial charge is 0.324 e. The van der Waals surface area contributed by atoms with Crippen LogP contribution in [0, 0.1) is 13.8 Å². The maximum Gasteiger partial charge on any atom is 0.262 e. The first kappa shape index (κ1) is 15.5. The van der Waals surface area contributed by atoms with Crippen LogP contribution in [0.3, 0.4) is 0 Å². The van der Waals surface area contributed by atoms with Crippen molar-refractivity contribution in [3.8, 4) is 0 Å². The number of nitrogens with one attached hydrogen (secondary N) is 1. The number of hydrogen-bond donors (Lipinski definition) is 2. The van der Waals surface area contributed by atoms with Crippen molar-refractivity contribution in [2.75, 3.05) is 4.72 Å². The normalized spacial score (nSPS) is 13.0. The third kappa shape index (κ3) is 3.62. The van der Waals surface area contributed by atoms with Gasteiger partial charge in [0.25, 0.3) is 10.0 Å². The fraction of sp³-hybridized carbons (Fsp3) is 0.250. The van der Waals surface area contributed by atoms with Crippen molar-refractivity contribution in [3.05, 3.63) is 59.2 Å². The predicted molar refractivity (Wildman–Crippen MR) is 85.8 cm³/mol. The van der Waals surface area contributed by atoms with Gasteiger partial charge in [-0.15, -0.1) is 0 Å². The molecule has 0 aliphatic rings. The summed E-state index contributed by atoms with van der Waals surface area (Å²) in [6.45, 7) is 5.54. The van der Waals surface area contributed by atoms with Crippen molar-refractivity contribution in [1.82, 2.24) is 0 Å². The Labute approximate surface area is 126 Å². The van der Waals surface area contributed by atoms with Gasteiger partial charge in [-0.25, -0.2) is 8.42 Å². The van der Waals surface area contributed by atoms with Crippen molar-refractivity contribution in [1.29, 1.82) is 0 Å². The van der Waals surface area contributed by atoms with Gasteiger partial charge in [-0.3, -0.25) is 4.72 Å². The highest BCUT2D eigenvalue weighted by molar-refractivity contribution is 7.92. The van der Waals surface area contributed by atoms with Crippen molar-refractivity contribution < 1.29 is 8.42 Å². The second-order valence-corrected chi connectivity index (χ2v) is 6.94. The van der Waals surface area contributed by atoms with Crippen LogP contribution >= 0.6 is 0 Å². The fourth-order valence-electron chi connectivity index (χ4n) is 2.06. The van der Waals surface area contributed by atoms with E-state index in [1.165, 1.54) is 0 Å². The molecule has 5 heteroatoms. The van der Waals surface area contributed by atoms with Crippen molar-refractivity contribution in [2.24, 2.45) is 5.73 Å². The molecule has 0 amide bonds. The molecule has 0 aliphatic heterocycles. The molecule has 0 bridgehead atoms. The van der Waals surface area contributed by atoms with Gasteiger partial charge in [-0.1, -0.05) is 24.3 Å². The minimum atomic E-state index is -3.58. The van der Waals surface area contributed by atoms with Crippen molar-refractivity contribution in [2.45, 2.75) is 31.7 Å². The summed E-state index contributed by atoms with van der Waals surface area (Å²) >= 11 is 0. The lowest BCUT2D eigenvalue weighted by molar-refractivity contribution is 0.600. The second kappa shape index (κ2) is 5.87. The lowest BCUT2D eigenvalue weighted by atomic mass is 10.1. The standard InChI is InChI=1S/C16H20N2O2S/c1-11-4-5-12(2)16(10-11)21(19,20)18-15-8-6-14(7-9-15)13(3)17/h4-10,13,18H,17H2,1-3H3. The van der Waals surface area contributed by atoms with E-state index in [4.69, 9.17) is 5.73 Å². The van der Waals surface area contributed by atoms with Crippen LogP contribution in [0.2, 0.25) is 0 Å². The van der Waals surface area contributed by atoms with Gasteiger partial charge in [0.2, 0.25) is 0 Å². The molecule has 4 nitrogen and oxygen atoms in total. The molecule has 0 saturated carbocycles. The van der Waals surface area contributed by atoms with E-state index in [1.54, 1.807) is 25.1 Å². The van der Waals surface area contributed by atoms with E-state index in [2.05, 4.69) is 4.72 Å². The molecule has 3 N–H and O–H groups in total. The van der Waals surface area contributed by atoms with Crippen LogP contribution in [0.5, 0.6) is 0 Å². The number of rotatable bonds is 4. The average Bonchev–Trinajstić information content (AvgIpc) is 2.41. The van der Waals surface area contributed by atoms with Crippen LogP contribution in [0.1, 0.15) is 29.7 Å². The maximum absolute atomic E-state index is 12.5. The number of hydrogen-bond acceptors (Lipinski definition) is 3. The molecule has 1 unspecified atom stereocenters. The zero-order chi connectivity index (χ0) is 15.6. The van der Waals surface area contributed by atoms with Gasteiger partial charge >= 0.3 is 0 Å². The molecular weight excluding hydrogens is 284 g/mol. The first-order valence-corrected chi connectivity index (χ1v) is 8.23. The third-order valence-electron chi connectivity index (χ3n) is 3.32. The minimum Gasteiger partial charge on any atom is -0.324 e. The molecule has 2 aromatic carbocycles. The van der Waals surface area contributed by atoms with E-state index in [0.717, 1.165) is 16.7 Å². The van der Waals surface area contributed by atoms with E-state index >= 15 is 0 Å². The lowest BCUT2D eigenvalue weighted by Crippen LogP contribution is -2.14. The average molecular weight is 304 g/mol. The van der Waals surface area contributed by atoms with Gasteiger partial charge < -0.3 is 5.73 Å². The first-order valence-electron chi connectivity index (χ1n) is 6.75. The molecule has 21 heavy (non-hydrogen) atoms. The van der Waals surface area contributed by atoms with E-state index in [9.17, 15) is 8.42 Å². The summed E-state index contributed by atoms with van der Waals surface area (Å²) in [4.78, 5) is 0.304. The van der Waals surface area contributed by atoms with Gasteiger partial charge in [0.05, 0.1) is 4.90 Å². The van der Waals surface area contributed by atoms with Gasteiger partial charge in [0, 0.05) is 11.7 Å². The summed E-state index contributed by atoms with van der Waals surface area (Å²) in [5.74, 6) is 0. The Bertz CT molecular complexity index is 735. The van der Waals surface area contributed by atoms with E-state index in [1.807, 2.05) is 38.1 Å². The zero-order valence-corrected chi connectivity index (χ0v) is 13.2. The molecule has 1 atom stereocenters. The molecule has 2 rings (SSSR count). The Morgan fingerprint density at radius 1 is 1.05 bits per heavy atom. The van der Waals surface area contributed by atoms with Gasteiger partial charge in [-0.05, 0) is 55.7 Å². The Morgan fingerprint density at radius 3 is 2.24 bits per heavy atom. The second-order valence-electron chi connectivity index (χ2n) is 5.29. The minimum absolute atomic E-state index is 0.0744. The molecule has 2 aromatic rings. The first-order chi connectivity index (χ1) is 9.79. The Morgan fingerprint density at radius 2 is 1.67 bits per heavy atom. The number of aryl methyl sites for hydroxylation is 2. The van der Waals surface area contributed by atoms with Gasteiger partial charge in [-0.2, -0.15) is 0 Å². The quantitative estimate of drug-likeness (QED) is 0.911. The molecule has 0 spiro atoms. The van der Waals surface area contributed by atoms with E-state index in [-0.39, 0.29) is 6.04 Å². The molecule has 0 fully saturated rings. The molecule has 0 saturated heterocycles. The van der Waals surface area contributed by atoms with E-state index in [0.29, 0.717) is 10.6 Å². The Balaban J connectivity index is 2.31. The predicted octanol–water partition coefficient (Wildman–Crippen LogP) is 3.12. The highest BCUT2D eigenvalue weighted by Gasteiger charge is 2.17. The van der Waals surface area contributed by atoms with Crippen LogP contribution in [-0.4, -0.2) is 8.42 Å². The van der Waals surface area contributed by atoms with Crippen LogP contribution < -0.4 is 10.5 Å². The fourth-order valence-corrected chi connectivity index (χ4v) is 3.45. The monoisotopic (exact) mass is 304 g/mol. The zero-order valence-electron chi connectivity index (χ0n) is 12.4. The molecule has 0 aromatic heterocycles. The molecular formula is C16H20N2O2S. The van der Waals surface area contributed by atoms with Gasteiger partial charge in [0.1, 0.15) is 0 Å². The number of anilines is 1. The van der Waals surface area contributed by atoms with Crippen LogP contribution in [0.25, 0.3) is 0 Å². The highest BCUT2D eigenvalue weighted by atomic mass is 32.2. The number of benzene rings is 2. The lowest BCUT2D eigenvalue weighted by Gasteiger charge is -2.12. The molecule has 0 radical (unpaired) electrons. The molecule has 112 valence electrons. The topological polar surface area (TPSA) is 72.2 Å². The Hall–Kier alpha value is -1.85. The summed E-state index contributed by atoms with van der Waals surface area (Å²) in [6, 6.07) is 12.4. The summed E-state index contributed by atoms with van der Waals surface area (Å²) in [5.41, 5.74) is 8.90. The molecule has 0 aliphatic carbocycles. The third-order valence-corrected chi connectivity index (χ3v) is 4.85. The smallest absolute Gasteiger partial charge is 0.262 e. The van der Waals surface area contributed by atoms with Crippen LogP contribution in [0.4, 0.5) is 5.69 Å². The number of nitrogens with two attached hydrogens (primary N) is 1. The SMILES string of the molecule is Cc1ccc(C)c(S(=O)(=O)Nc2ccc(C(C)N)cc2)c1. The summed E-state index contributed by atoms with van der Waals surface area (Å²) < 4.78 is 27.5. The highest BCUT2D eigenvalue weighted by Crippen LogP contribution is 2.21. The van der Waals surface area contributed by atoms with Crippen LogP contribution in [0.15, 0.2) is 47.4 Å². The Kier molecular flexibility index (Phi) is 4.34. The summed E-state index contributed by atoms with van der Waals surface area (Å²) in [5, 5.41) is 0. The summed E-state index contributed by atoms with van der Waals surface area (Å²) in [7, 11) is -3.58. The van der Waals surface area contributed by atoms with E-state index < -0.39 is 10.0 Å². The summed E-state index contributed by atoms with van der Waals surface area (Å²) in [6.07, 6.45) is 0. The van der Waals surface area contributed by atoms with Crippen molar-refractivity contribution >= 4 is 15.7 Å². The van der Waals surface area contributed by atoms with Crippen molar-refractivity contribution in [3.63, 3.8) is 0 Å². The number of sulfonamides is 1. The van der Waals surface area contributed by atoms with Crippen LogP contribution in [-0.2, 0) is 10.0 Å².